The fraction of sp³-hybridized carbons (Fsp3) is 0.600. The summed E-state index contributed by atoms with van der Waals surface area (Å²) in [4.78, 5) is 25.1. The molecule has 0 aromatic carbocycles. The molecule has 2 aliphatic carbocycles. The molecule has 0 N–H and O–H groups in total. The lowest BCUT2D eigenvalue weighted by atomic mass is 9.53. The zero-order valence-corrected chi connectivity index (χ0v) is 15.5. The van der Waals surface area contributed by atoms with Gasteiger partial charge in [-0.2, -0.15) is 0 Å². The summed E-state index contributed by atoms with van der Waals surface area (Å²) >= 11 is 0. The van der Waals surface area contributed by atoms with Gasteiger partial charge in [-0.1, -0.05) is 20.4 Å². The molecule has 1 fully saturated rings. The molecule has 5 unspecified atom stereocenters. The Bertz CT molecular complexity index is 730. The van der Waals surface area contributed by atoms with Crippen LogP contribution in [0.2, 0.25) is 0 Å². The third kappa shape index (κ3) is 2.48. The highest BCUT2D eigenvalue weighted by Crippen LogP contribution is 2.59. The quantitative estimate of drug-likeness (QED) is 0.611. The molecule has 0 radical (unpaired) electrons. The molecule has 0 saturated heterocycles. The number of Topliss-reactive ketones (excluding diaryl/α,β-unsaturated/α-hetero) is 1. The Hall–Kier alpha value is -1.88. The minimum absolute atomic E-state index is 0.0362. The van der Waals surface area contributed by atoms with Crippen LogP contribution in [0.15, 0.2) is 22.8 Å². The van der Waals surface area contributed by atoms with Crippen molar-refractivity contribution in [2.75, 3.05) is 7.11 Å². The van der Waals surface area contributed by atoms with E-state index in [9.17, 15) is 9.59 Å². The monoisotopic (exact) mass is 346 g/mol. The van der Waals surface area contributed by atoms with Crippen LogP contribution >= 0.6 is 0 Å². The predicted molar refractivity (Wildman–Crippen MR) is 92.2 cm³/mol. The summed E-state index contributed by atoms with van der Waals surface area (Å²) in [6.07, 6.45) is 2.39. The molecule has 136 valence electrons. The topological polar surface area (TPSA) is 65.7 Å². The Kier molecular flexibility index (Phi) is 4.40. The summed E-state index contributed by atoms with van der Waals surface area (Å²) in [5.41, 5.74) is 1.68. The van der Waals surface area contributed by atoms with Gasteiger partial charge in [-0.15, -0.1) is 0 Å². The average molecular weight is 346 g/mol. The van der Waals surface area contributed by atoms with Crippen LogP contribution in [-0.4, -0.2) is 25.0 Å². The number of ketones is 1. The first-order chi connectivity index (χ1) is 11.7. The van der Waals surface area contributed by atoms with E-state index in [0.29, 0.717) is 24.2 Å². The molecule has 0 amide bonds. The molecular weight excluding hydrogens is 320 g/mol. The minimum Gasteiger partial charge on any atom is -0.461 e. The van der Waals surface area contributed by atoms with Gasteiger partial charge in [0.05, 0.1) is 12.4 Å². The fourth-order valence-corrected chi connectivity index (χ4v) is 4.65. The molecule has 1 aromatic rings. The lowest BCUT2D eigenvalue weighted by Crippen LogP contribution is -2.54. The summed E-state index contributed by atoms with van der Waals surface area (Å²) in [5.74, 6) is -0.154. The number of hydrogen-bond donors (Lipinski definition) is 0. The van der Waals surface area contributed by atoms with E-state index in [0.717, 1.165) is 11.1 Å². The van der Waals surface area contributed by atoms with Crippen molar-refractivity contribution < 1.29 is 23.5 Å². The highest BCUT2D eigenvalue weighted by Gasteiger charge is 2.59. The molecule has 5 atom stereocenters. The molecule has 1 aromatic heterocycles. The fourth-order valence-electron chi connectivity index (χ4n) is 4.65. The van der Waals surface area contributed by atoms with Gasteiger partial charge in [0.15, 0.2) is 5.76 Å². The van der Waals surface area contributed by atoms with Gasteiger partial charge in [-0.25, -0.2) is 4.79 Å². The molecule has 3 rings (SSSR count). The largest absolute Gasteiger partial charge is 0.461 e. The molecular formula is C20H26O5. The van der Waals surface area contributed by atoms with E-state index in [1.165, 1.54) is 0 Å². The van der Waals surface area contributed by atoms with Crippen LogP contribution in [0.25, 0.3) is 0 Å². The summed E-state index contributed by atoms with van der Waals surface area (Å²) in [5, 5.41) is 0. The number of rotatable bonds is 3. The van der Waals surface area contributed by atoms with Crippen LogP contribution in [0.4, 0.5) is 0 Å². The maximum Gasteiger partial charge on any atom is 0.333 e. The van der Waals surface area contributed by atoms with E-state index in [1.54, 1.807) is 20.3 Å². The smallest absolute Gasteiger partial charge is 0.333 e. The SMILES string of the molecule is C=C(C)C(=O)OC1CCC2C(=O)c3occ(C)c3C(OC)C2(C)C1C. The van der Waals surface area contributed by atoms with Crippen molar-refractivity contribution in [2.45, 2.75) is 52.7 Å². The Balaban J connectivity index is 2.03. The molecule has 0 spiro atoms. The average Bonchev–Trinajstić information content (AvgIpc) is 2.94. The van der Waals surface area contributed by atoms with Gasteiger partial charge in [0.2, 0.25) is 5.78 Å². The lowest BCUT2D eigenvalue weighted by molar-refractivity contribution is -0.166. The van der Waals surface area contributed by atoms with E-state index in [2.05, 4.69) is 13.5 Å². The third-order valence-corrected chi connectivity index (χ3v) is 6.26. The summed E-state index contributed by atoms with van der Waals surface area (Å²) < 4.78 is 17.1. The number of ether oxygens (including phenoxy) is 2. The Morgan fingerprint density at radius 1 is 1.40 bits per heavy atom. The van der Waals surface area contributed by atoms with Crippen molar-refractivity contribution in [3.8, 4) is 0 Å². The summed E-state index contributed by atoms with van der Waals surface area (Å²) in [6, 6.07) is 0. The molecule has 0 aliphatic heterocycles. The van der Waals surface area contributed by atoms with Crippen molar-refractivity contribution in [1.82, 2.24) is 0 Å². The van der Waals surface area contributed by atoms with Crippen molar-refractivity contribution in [1.29, 1.82) is 0 Å². The number of aryl methyl sites for hydroxylation is 1. The zero-order chi connectivity index (χ0) is 18.5. The van der Waals surface area contributed by atoms with Crippen molar-refractivity contribution in [3.05, 3.63) is 35.3 Å². The second-order valence-electron chi connectivity index (χ2n) is 7.65. The molecule has 0 bridgehead atoms. The van der Waals surface area contributed by atoms with E-state index in [-0.39, 0.29) is 35.8 Å². The second-order valence-corrected chi connectivity index (χ2v) is 7.65. The second kappa shape index (κ2) is 6.13. The number of furan rings is 1. The van der Waals surface area contributed by atoms with Crippen LogP contribution in [0.5, 0.6) is 0 Å². The first-order valence-corrected chi connectivity index (χ1v) is 8.74. The Morgan fingerprint density at radius 2 is 2.08 bits per heavy atom. The standard InChI is InChI=1S/C20H26O5/c1-10(2)19(22)25-14-8-7-13-16(21)17-15(11(3)9-24-17)18(23-6)20(13,5)12(14)4/h9,12-14,18H,1,7-8H2,2-6H3. The first-order valence-electron chi connectivity index (χ1n) is 8.74. The number of hydrogen-bond acceptors (Lipinski definition) is 5. The number of carbonyl (C=O) groups excluding carboxylic acids is 2. The zero-order valence-electron chi connectivity index (χ0n) is 15.5. The van der Waals surface area contributed by atoms with Crippen LogP contribution in [0, 0.1) is 24.2 Å². The summed E-state index contributed by atoms with van der Waals surface area (Å²) in [6.45, 7) is 11.3. The van der Waals surface area contributed by atoms with Crippen molar-refractivity contribution in [2.24, 2.45) is 17.3 Å². The van der Waals surface area contributed by atoms with Crippen LogP contribution in [0.1, 0.15) is 61.4 Å². The van der Waals surface area contributed by atoms with Gasteiger partial charge < -0.3 is 13.9 Å². The van der Waals surface area contributed by atoms with Gasteiger partial charge in [-0.05, 0) is 32.3 Å². The third-order valence-electron chi connectivity index (χ3n) is 6.26. The van der Waals surface area contributed by atoms with Gasteiger partial charge in [0, 0.05) is 35.5 Å². The van der Waals surface area contributed by atoms with E-state index in [4.69, 9.17) is 13.9 Å². The van der Waals surface area contributed by atoms with Crippen LogP contribution in [0.3, 0.4) is 0 Å². The number of fused-ring (bicyclic) bond motifs is 2. The van der Waals surface area contributed by atoms with Crippen LogP contribution < -0.4 is 0 Å². The first kappa shape index (κ1) is 17.9. The minimum atomic E-state index is -0.467. The van der Waals surface area contributed by atoms with Gasteiger partial charge in [0.25, 0.3) is 0 Å². The van der Waals surface area contributed by atoms with Gasteiger partial charge in [0.1, 0.15) is 6.10 Å². The van der Waals surface area contributed by atoms with Crippen molar-refractivity contribution >= 4 is 11.8 Å². The molecule has 1 heterocycles. The maximum absolute atomic E-state index is 13.0. The Labute approximate surface area is 148 Å². The van der Waals surface area contributed by atoms with E-state index >= 15 is 0 Å². The number of esters is 1. The molecule has 5 nitrogen and oxygen atoms in total. The predicted octanol–water partition coefficient (Wildman–Crippen LogP) is 4.01. The van der Waals surface area contributed by atoms with Crippen LogP contribution in [-0.2, 0) is 14.3 Å². The molecule has 1 saturated carbocycles. The number of methoxy groups -OCH3 is 1. The highest BCUT2D eigenvalue weighted by molar-refractivity contribution is 5.99. The molecule has 25 heavy (non-hydrogen) atoms. The molecule has 2 aliphatic rings. The van der Waals surface area contributed by atoms with Crippen molar-refractivity contribution in [3.63, 3.8) is 0 Å². The molecule has 5 heteroatoms. The van der Waals surface area contributed by atoms with E-state index in [1.807, 2.05) is 13.8 Å². The number of carbonyl (C=O) groups is 2. The lowest BCUT2D eigenvalue weighted by Gasteiger charge is -2.53. The van der Waals surface area contributed by atoms with E-state index < -0.39 is 5.41 Å². The normalized spacial score (nSPS) is 34.2. The van der Waals surface area contributed by atoms with Gasteiger partial charge in [-0.3, -0.25) is 4.79 Å². The highest BCUT2D eigenvalue weighted by atomic mass is 16.5. The summed E-state index contributed by atoms with van der Waals surface area (Å²) in [7, 11) is 1.66. The Morgan fingerprint density at radius 3 is 2.68 bits per heavy atom. The maximum atomic E-state index is 13.0. The van der Waals surface area contributed by atoms with Gasteiger partial charge >= 0.3 is 5.97 Å².